The number of rotatable bonds is 5. The fourth-order valence-corrected chi connectivity index (χ4v) is 3.70. The molecule has 1 aliphatic rings. The molecule has 0 aromatic heterocycles. The summed E-state index contributed by atoms with van der Waals surface area (Å²) in [5.74, 6) is 0. The van der Waals surface area contributed by atoms with Crippen molar-refractivity contribution in [1.29, 1.82) is 5.26 Å². The number of nitriles is 1. The maximum absolute atomic E-state index is 12.4. The van der Waals surface area contributed by atoms with Crippen LogP contribution in [0.4, 0.5) is 4.79 Å². The minimum absolute atomic E-state index is 0.0553. The monoisotopic (exact) mass is 362 g/mol. The Morgan fingerprint density at radius 1 is 1.07 bits per heavy atom. The molecule has 27 heavy (non-hydrogen) atoms. The van der Waals surface area contributed by atoms with Crippen molar-refractivity contribution in [2.24, 2.45) is 5.41 Å². The third-order valence-corrected chi connectivity index (χ3v) is 5.44. The van der Waals surface area contributed by atoms with Crippen LogP contribution in [0, 0.1) is 23.7 Å². The number of carbonyl (C=O) groups is 1. The van der Waals surface area contributed by atoms with Gasteiger partial charge in [-0.15, -0.1) is 0 Å². The molecule has 1 heterocycles. The van der Waals surface area contributed by atoms with Gasteiger partial charge in [-0.05, 0) is 42.7 Å². The molecular formula is C23H26N2O2. The van der Waals surface area contributed by atoms with Crippen molar-refractivity contribution in [3.8, 4) is 6.07 Å². The first kappa shape index (κ1) is 19.0. The molecule has 0 saturated carbocycles. The van der Waals surface area contributed by atoms with Crippen molar-refractivity contribution in [1.82, 2.24) is 4.90 Å². The summed E-state index contributed by atoms with van der Waals surface area (Å²) in [4.78, 5) is 14.1. The van der Waals surface area contributed by atoms with Crippen LogP contribution < -0.4 is 0 Å². The Bertz CT molecular complexity index is 785. The molecule has 3 rings (SSSR count). The van der Waals surface area contributed by atoms with E-state index in [2.05, 4.69) is 37.3 Å². The van der Waals surface area contributed by atoms with E-state index < -0.39 is 0 Å². The summed E-state index contributed by atoms with van der Waals surface area (Å²) in [5.41, 5.74) is 3.43. The Hall–Kier alpha value is -2.80. The lowest BCUT2D eigenvalue weighted by atomic mass is 9.72. The highest BCUT2D eigenvalue weighted by Crippen LogP contribution is 2.38. The number of hydrogen-bond acceptors (Lipinski definition) is 3. The summed E-state index contributed by atoms with van der Waals surface area (Å²) in [6, 6.07) is 20.6. The third-order valence-electron chi connectivity index (χ3n) is 5.44. The van der Waals surface area contributed by atoms with Gasteiger partial charge < -0.3 is 9.64 Å². The van der Waals surface area contributed by atoms with Crippen LogP contribution >= 0.6 is 0 Å². The second-order valence-electron chi connectivity index (χ2n) is 7.52. The van der Waals surface area contributed by atoms with Gasteiger partial charge in [-0.1, -0.05) is 60.2 Å². The fraction of sp³-hybridized carbons (Fsp3) is 0.391. The number of benzene rings is 2. The van der Waals surface area contributed by atoms with Gasteiger partial charge in [0.25, 0.3) is 0 Å². The van der Waals surface area contributed by atoms with Gasteiger partial charge in [-0.3, -0.25) is 0 Å². The SMILES string of the molecule is Cc1ccc(CC2(CC#N)CCN(C(=O)OCc3ccccc3)CC2)cc1. The number of nitrogens with zero attached hydrogens (tertiary/aromatic N) is 2. The molecule has 1 saturated heterocycles. The van der Waals surface area contributed by atoms with E-state index in [1.807, 2.05) is 30.3 Å². The fourth-order valence-electron chi connectivity index (χ4n) is 3.70. The third kappa shape index (κ3) is 5.10. The number of amides is 1. The van der Waals surface area contributed by atoms with Gasteiger partial charge in [-0.2, -0.15) is 5.26 Å². The van der Waals surface area contributed by atoms with Gasteiger partial charge in [0.2, 0.25) is 0 Å². The van der Waals surface area contributed by atoms with E-state index >= 15 is 0 Å². The highest BCUT2D eigenvalue weighted by Gasteiger charge is 2.36. The normalized spacial score (nSPS) is 15.8. The van der Waals surface area contributed by atoms with Crippen LogP contribution in [0.3, 0.4) is 0 Å². The van der Waals surface area contributed by atoms with E-state index in [4.69, 9.17) is 4.74 Å². The number of carbonyl (C=O) groups excluding carboxylic acids is 1. The Balaban J connectivity index is 1.56. The molecule has 0 atom stereocenters. The molecule has 4 heteroatoms. The van der Waals surface area contributed by atoms with E-state index in [1.165, 1.54) is 11.1 Å². The van der Waals surface area contributed by atoms with Gasteiger partial charge in [0.15, 0.2) is 0 Å². The van der Waals surface area contributed by atoms with Gasteiger partial charge >= 0.3 is 6.09 Å². The topological polar surface area (TPSA) is 53.3 Å². The van der Waals surface area contributed by atoms with Crippen LogP contribution in [0.15, 0.2) is 54.6 Å². The Morgan fingerprint density at radius 3 is 2.37 bits per heavy atom. The molecule has 1 aliphatic heterocycles. The molecule has 0 unspecified atom stereocenters. The minimum atomic E-state index is -0.264. The lowest BCUT2D eigenvalue weighted by molar-refractivity contribution is 0.0622. The summed E-state index contributed by atoms with van der Waals surface area (Å²) >= 11 is 0. The zero-order valence-electron chi connectivity index (χ0n) is 15.9. The summed E-state index contributed by atoms with van der Waals surface area (Å²) < 4.78 is 5.45. The Kier molecular flexibility index (Phi) is 6.13. The molecule has 0 aliphatic carbocycles. The van der Waals surface area contributed by atoms with Crippen LogP contribution in [0.2, 0.25) is 0 Å². The van der Waals surface area contributed by atoms with E-state index in [0.29, 0.717) is 26.1 Å². The first-order valence-corrected chi connectivity index (χ1v) is 9.48. The number of likely N-dealkylation sites (tertiary alicyclic amines) is 1. The van der Waals surface area contributed by atoms with Gasteiger partial charge in [0.1, 0.15) is 6.61 Å². The average Bonchev–Trinajstić information content (AvgIpc) is 2.69. The van der Waals surface area contributed by atoms with Crippen LogP contribution in [-0.4, -0.2) is 24.1 Å². The number of piperidine rings is 1. The summed E-state index contributed by atoms with van der Waals surface area (Å²) in [6.45, 7) is 3.65. The van der Waals surface area contributed by atoms with Crippen molar-refractivity contribution in [2.45, 2.75) is 39.2 Å². The zero-order valence-corrected chi connectivity index (χ0v) is 15.9. The van der Waals surface area contributed by atoms with Crippen molar-refractivity contribution in [3.63, 3.8) is 0 Å². The second kappa shape index (κ2) is 8.73. The molecule has 0 bridgehead atoms. The molecule has 4 nitrogen and oxygen atoms in total. The van der Waals surface area contributed by atoms with E-state index in [1.54, 1.807) is 4.90 Å². The van der Waals surface area contributed by atoms with Gasteiger partial charge in [0.05, 0.1) is 6.07 Å². The average molecular weight is 362 g/mol. The van der Waals surface area contributed by atoms with Crippen molar-refractivity contribution >= 4 is 6.09 Å². The van der Waals surface area contributed by atoms with Gasteiger partial charge in [-0.25, -0.2) is 4.79 Å². The maximum Gasteiger partial charge on any atom is 0.410 e. The van der Waals surface area contributed by atoms with Crippen molar-refractivity contribution < 1.29 is 9.53 Å². The number of ether oxygens (including phenoxy) is 1. The van der Waals surface area contributed by atoms with E-state index in [-0.39, 0.29) is 11.5 Å². The number of hydrogen-bond donors (Lipinski definition) is 0. The van der Waals surface area contributed by atoms with Gasteiger partial charge in [0, 0.05) is 19.5 Å². The first-order chi connectivity index (χ1) is 13.1. The summed E-state index contributed by atoms with van der Waals surface area (Å²) in [5, 5.41) is 9.34. The van der Waals surface area contributed by atoms with Crippen molar-refractivity contribution in [2.75, 3.05) is 13.1 Å². The molecule has 2 aromatic rings. The number of aryl methyl sites for hydroxylation is 1. The molecule has 0 spiro atoms. The second-order valence-corrected chi connectivity index (χ2v) is 7.52. The molecule has 1 amide bonds. The predicted octanol–water partition coefficient (Wildman–Crippen LogP) is 4.87. The molecule has 1 fully saturated rings. The Labute approximate surface area is 161 Å². The van der Waals surface area contributed by atoms with E-state index in [9.17, 15) is 10.1 Å². The van der Waals surface area contributed by atoms with Crippen LogP contribution in [0.5, 0.6) is 0 Å². The smallest absolute Gasteiger partial charge is 0.410 e. The quantitative estimate of drug-likeness (QED) is 0.762. The first-order valence-electron chi connectivity index (χ1n) is 9.48. The molecule has 2 aromatic carbocycles. The molecule has 0 radical (unpaired) electrons. The molecule has 0 N–H and O–H groups in total. The Morgan fingerprint density at radius 2 is 1.74 bits per heavy atom. The minimum Gasteiger partial charge on any atom is -0.445 e. The molecule has 140 valence electrons. The largest absolute Gasteiger partial charge is 0.445 e. The highest BCUT2D eigenvalue weighted by molar-refractivity contribution is 5.67. The summed E-state index contributed by atoms with van der Waals surface area (Å²) in [6.07, 6.45) is 2.80. The van der Waals surface area contributed by atoms with Crippen molar-refractivity contribution in [3.05, 3.63) is 71.3 Å². The predicted molar refractivity (Wildman–Crippen MR) is 105 cm³/mol. The van der Waals surface area contributed by atoms with E-state index in [0.717, 1.165) is 24.8 Å². The molecular weight excluding hydrogens is 336 g/mol. The lowest BCUT2D eigenvalue weighted by Crippen LogP contribution is -2.44. The maximum atomic E-state index is 12.4. The van der Waals surface area contributed by atoms with Crippen LogP contribution in [0.25, 0.3) is 0 Å². The highest BCUT2D eigenvalue weighted by atomic mass is 16.6. The summed E-state index contributed by atoms with van der Waals surface area (Å²) in [7, 11) is 0. The van der Waals surface area contributed by atoms with Crippen LogP contribution in [0.1, 0.15) is 36.0 Å². The zero-order chi connectivity index (χ0) is 19.1. The standard InChI is InChI=1S/C23H26N2O2/c1-19-7-9-20(10-8-19)17-23(11-14-24)12-15-25(16-13-23)22(26)27-18-21-5-3-2-4-6-21/h2-10H,11-13,15-18H2,1H3. The van der Waals surface area contributed by atoms with Crippen LogP contribution in [-0.2, 0) is 17.8 Å². The lowest BCUT2D eigenvalue weighted by Gasteiger charge is -2.40.